The van der Waals surface area contributed by atoms with Crippen molar-refractivity contribution in [3.8, 4) is 0 Å². The number of benzene rings is 1. The third-order valence-electron chi connectivity index (χ3n) is 3.26. The quantitative estimate of drug-likeness (QED) is 0.743. The van der Waals surface area contributed by atoms with E-state index in [1.807, 2.05) is 12.1 Å². The standard InChI is InChI=1S/C12H17NO/c1-9-3-2-4-11-10(9)5-6-12(11,14)7-8-13/h2-4,14H,5-8,13H2,1H3. The van der Waals surface area contributed by atoms with Gasteiger partial charge in [-0.1, -0.05) is 18.2 Å². The summed E-state index contributed by atoms with van der Waals surface area (Å²) in [7, 11) is 0. The van der Waals surface area contributed by atoms with E-state index in [1.165, 1.54) is 11.1 Å². The van der Waals surface area contributed by atoms with E-state index in [2.05, 4.69) is 13.0 Å². The van der Waals surface area contributed by atoms with E-state index in [1.54, 1.807) is 0 Å². The monoisotopic (exact) mass is 191 g/mol. The molecule has 0 radical (unpaired) electrons. The lowest BCUT2D eigenvalue weighted by atomic mass is 9.91. The minimum absolute atomic E-state index is 0.546. The van der Waals surface area contributed by atoms with Gasteiger partial charge in [-0.2, -0.15) is 0 Å². The predicted octanol–water partition coefficient (Wildman–Crippen LogP) is 1.48. The molecule has 0 aromatic heterocycles. The summed E-state index contributed by atoms with van der Waals surface area (Å²) in [5, 5.41) is 10.4. The van der Waals surface area contributed by atoms with Gasteiger partial charge in [0.2, 0.25) is 0 Å². The second-order valence-electron chi connectivity index (χ2n) is 4.17. The molecule has 1 aromatic carbocycles. The van der Waals surface area contributed by atoms with E-state index in [0.29, 0.717) is 13.0 Å². The second-order valence-corrected chi connectivity index (χ2v) is 4.17. The van der Waals surface area contributed by atoms with Crippen LogP contribution in [0.2, 0.25) is 0 Å². The zero-order valence-electron chi connectivity index (χ0n) is 8.59. The smallest absolute Gasteiger partial charge is 0.0914 e. The van der Waals surface area contributed by atoms with Crippen LogP contribution >= 0.6 is 0 Å². The van der Waals surface area contributed by atoms with Crippen molar-refractivity contribution in [3.63, 3.8) is 0 Å². The molecule has 1 aliphatic carbocycles. The van der Waals surface area contributed by atoms with Crippen LogP contribution in [0.3, 0.4) is 0 Å². The van der Waals surface area contributed by atoms with Crippen LogP contribution in [-0.2, 0) is 12.0 Å². The molecule has 3 N–H and O–H groups in total. The van der Waals surface area contributed by atoms with Crippen LogP contribution in [0, 0.1) is 6.92 Å². The van der Waals surface area contributed by atoms with Crippen molar-refractivity contribution >= 4 is 0 Å². The molecule has 0 heterocycles. The summed E-state index contributed by atoms with van der Waals surface area (Å²) >= 11 is 0. The third kappa shape index (κ3) is 1.35. The van der Waals surface area contributed by atoms with Gasteiger partial charge < -0.3 is 10.8 Å². The summed E-state index contributed by atoms with van der Waals surface area (Å²) in [4.78, 5) is 0. The van der Waals surface area contributed by atoms with Crippen LogP contribution in [0.5, 0.6) is 0 Å². The van der Waals surface area contributed by atoms with Gasteiger partial charge in [-0.05, 0) is 49.4 Å². The van der Waals surface area contributed by atoms with Gasteiger partial charge in [0.15, 0.2) is 0 Å². The Morgan fingerprint density at radius 3 is 3.00 bits per heavy atom. The second kappa shape index (κ2) is 3.37. The zero-order chi connectivity index (χ0) is 10.2. The minimum atomic E-state index is -0.657. The normalized spacial score (nSPS) is 25.1. The van der Waals surface area contributed by atoms with E-state index in [0.717, 1.165) is 18.4 Å². The third-order valence-corrected chi connectivity index (χ3v) is 3.26. The van der Waals surface area contributed by atoms with Crippen molar-refractivity contribution in [1.82, 2.24) is 0 Å². The van der Waals surface area contributed by atoms with Crippen LogP contribution in [0.4, 0.5) is 0 Å². The summed E-state index contributed by atoms with van der Waals surface area (Å²) in [6.07, 6.45) is 2.48. The highest BCUT2D eigenvalue weighted by molar-refractivity contribution is 5.42. The molecule has 0 amide bonds. The van der Waals surface area contributed by atoms with Gasteiger partial charge in [0.05, 0.1) is 5.60 Å². The Morgan fingerprint density at radius 2 is 2.29 bits per heavy atom. The molecule has 0 bridgehead atoms. The Bertz CT molecular complexity index is 348. The molecule has 76 valence electrons. The molecule has 1 atom stereocenters. The van der Waals surface area contributed by atoms with Crippen LogP contribution in [0.1, 0.15) is 29.5 Å². The molecule has 2 heteroatoms. The summed E-state index contributed by atoms with van der Waals surface area (Å²) in [6, 6.07) is 6.15. The van der Waals surface area contributed by atoms with Gasteiger partial charge >= 0.3 is 0 Å². The van der Waals surface area contributed by atoms with Gasteiger partial charge in [-0.25, -0.2) is 0 Å². The molecule has 1 aromatic rings. The van der Waals surface area contributed by atoms with Gasteiger partial charge in [0, 0.05) is 0 Å². The maximum atomic E-state index is 10.4. The number of hydrogen-bond donors (Lipinski definition) is 2. The maximum absolute atomic E-state index is 10.4. The van der Waals surface area contributed by atoms with Gasteiger partial charge in [-0.15, -0.1) is 0 Å². The average Bonchev–Trinajstić information content (AvgIpc) is 2.47. The van der Waals surface area contributed by atoms with Crippen molar-refractivity contribution in [2.75, 3.05) is 6.54 Å². The molecule has 14 heavy (non-hydrogen) atoms. The fraction of sp³-hybridized carbons (Fsp3) is 0.500. The van der Waals surface area contributed by atoms with Crippen molar-refractivity contribution < 1.29 is 5.11 Å². The Hall–Kier alpha value is -0.860. The number of aryl methyl sites for hydroxylation is 1. The lowest BCUT2D eigenvalue weighted by Crippen LogP contribution is -2.25. The molecule has 1 unspecified atom stereocenters. The largest absolute Gasteiger partial charge is 0.385 e. The summed E-state index contributed by atoms with van der Waals surface area (Å²) in [5.41, 5.74) is 8.58. The van der Waals surface area contributed by atoms with E-state index in [9.17, 15) is 5.11 Å². The van der Waals surface area contributed by atoms with Gasteiger partial charge in [-0.3, -0.25) is 0 Å². The molecule has 0 aliphatic heterocycles. The lowest BCUT2D eigenvalue weighted by molar-refractivity contribution is 0.0320. The molecule has 0 saturated carbocycles. The number of rotatable bonds is 2. The van der Waals surface area contributed by atoms with E-state index >= 15 is 0 Å². The fourth-order valence-corrected chi connectivity index (χ4v) is 2.44. The number of nitrogens with two attached hydrogens (primary N) is 1. The SMILES string of the molecule is Cc1cccc2c1CCC2(O)CCN. The predicted molar refractivity (Wildman–Crippen MR) is 57.1 cm³/mol. The highest BCUT2D eigenvalue weighted by Crippen LogP contribution is 2.40. The van der Waals surface area contributed by atoms with E-state index in [-0.39, 0.29) is 0 Å². The highest BCUT2D eigenvalue weighted by atomic mass is 16.3. The molecular formula is C12H17NO. The summed E-state index contributed by atoms with van der Waals surface area (Å²) < 4.78 is 0. The van der Waals surface area contributed by atoms with E-state index < -0.39 is 5.60 Å². The maximum Gasteiger partial charge on any atom is 0.0914 e. The number of aliphatic hydroxyl groups is 1. The Morgan fingerprint density at radius 1 is 1.50 bits per heavy atom. The first-order valence-corrected chi connectivity index (χ1v) is 5.19. The van der Waals surface area contributed by atoms with Crippen LogP contribution < -0.4 is 5.73 Å². The van der Waals surface area contributed by atoms with Gasteiger partial charge in [0.25, 0.3) is 0 Å². The summed E-state index contributed by atoms with van der Waals surface area (Å²) in [6.45, 7) is 2.65. The molecule has 2 nitrogen and oxygen atoms in total. The van der Waals surface area contributed by atoms with Crippen LogP contribution in [0.25, 0.3) is 0 Å². The Balaban J connectivity index is 2.44. The summed E-state index contributed by atoms with van der Waals surface area (Å²) in [5.74, 6) is 0. The van der Waals surface area contributed by atoms with E-state index in [4.69, 9.17) is 5.73 Å². The first-order valence-electron chi connectivity index (χ1n) is 5.19. The first kappa shape index (κ1) is 9.69. The lowest BCUT2D eigenvalue weighted by Gasteiger charge is -2.23. The van der Waals surface area contributed by atoms with Crippen LogP contribution in [0.15, 0.2) is 18.2 Å². The molecule has 0 saturated heterocycles. The highest BCUT2D eigenvalue weighted by Gasteiger charge is 2.36. The molecule has 0 spiro atoms. The Labute approximate surface area is 84.7 Å². The first-order chi connectivity index (χ1) is 6.67. The molecule has 0 fully saturated rings. The zero-order valence-corrected chi connectivity index (χ0v) is 8.59. The molecule has 2 rings (SSSR count). The van der Waals surface area contributed by atoms with Crippen molar-refractivity contribution in [2.45, 2.75) is 31.8 Å². The van der Waals surface area contributed by atoms with Gasteiger partial charge in [0.1, 0.15) is 0 Å². The topological polar surface area (TPSA) is 46.2 Å². The fourth-order valence-electron chi connectivity index (χ4n) is 2.44. The van der Waals surface area contributed by atoms with Crippen molar-refractivity contribution in [1.29, 1.82) is 0 Å². The average molecular weight is 191 g/mol. The van der Waals surface area contributed by atoms with Crippen molar-refractivity contribution in [2.24, 2.45) is 5.73 Å². The number of fused-ring (bicyclic) bond motifs is 1. The molecule has 1 aliphatic rings. The minimum Gasteiger partial charge on any atom is -0.385 e. The number of hydrogen-bond acceptors (Lipinski definition) is 2. The molecular weight excluding hydrogens is 174 g/mol. The Kier molecular flexibility index (Phi) is 2.33. The van der Waals surface area contributed by atoms with Crippen LogP contribution in [-0.4, -0.2) is 11.7 Å². The van der Waals surface area contributed by atoms with Crippen molar-refractivity contribution in [3.05, 3.63) is 34.9 Å².